The Balaban J connectivity index is 3.42. The first-order chi connectivity index (χ1) is 8.40. The van der Waals surface area contributed by atoms with Crippen molar-refractivity contribution in [3.63, 3.8) is 0 Å². The number of rotatable bonds is 5. The number of benzene rings is 1. The number of carboxylic acid groups (broad SMARTS) is 1. The standard InChI is InChI=1S/C12H13ClO4S/c1-6(14)10(13)9-7(11(15)12(16)17)4-3-5-8(9)18-2/h3-5,10-11,15H,1-2H3,(H,16,17). The van der Waals surface area contributed by atoms with Crippen LogP contribution in [-0.2, 0) is 9.59 Å². The van der Waals surface area contributed by atoms with Crippen LogP contribution in [0.15, 0.2) is 23.1 Å². The molecule has 1 aromatic rings. The van der Waals surface area contributed by atoms with Gasteiger partial charge in [0.1, 0.15) is 5.38 Å². The van der Waals surface area contributed by atoms with Gasteiger partial charge in [0, 0.05) is 4.90 Å². The quantitative estimate of drug-likeness (QED) is 0.643. The summed E-state index contributed by atoms with van der Waals surface area (Å²) in [6, 6.07) is 4.82. The minimum Gasteiger partial charge on any atom is -0.479 e. The number of aliphatic hydroxyl groups is 1. The normalized spacial score (nSPS) is 14.0. The van der Waals surface area contributed by atoms with Crippen molar-refractivity contribution in [3.05, 3.63) is 29.3 Å². The van der Waals surface area contributed by atoms with E-state index in [0.29, 0.717) is 10.5 Å². The Hall–Kier alpha value is -1.04. The van der Waals surface area contributed by atoms with Crippen LogP contribution in [-0.4, -0.2) is 28.2 Å². The lowest BCUT2D eigenvalue weighted by Gasteiger charge is -2.18. The zero-order valence-corrected chi connectivity index (χ0v) is 11.5. The highest BCUT2D eigenvalue weighted by Gasteiger charge is 2.27. The summed E-state index contributed by atoms with van der Waals surface area (Å²) in [7, 11) is 0. The number of aliphatic carboxylic acids is 1. The molecule has 18 heavy (non-hydrogen) atoms. The number of carboxylic acids is 1. The van der Waals surface area contributed by atoms with E-state index in [9.17, 15) is 14.7 Å². The largest absolute Gasteiger partial charge is 0.479 e. The molecule has 0 aliphatic heterocycles. The van der Waals surface area contributed by atoms with Crippen LogP contribution in [0.1, 0.15) is 29.5 Å². The molecule has 0 saturated carbocycles. The third kappa shape index (κ3) is 3.04. The van der Waals surface area contributed by atoms with E-state index >= 15 is 0 Å². The lowest BCUT2D eigenvalue weighted by atomic mass is 9.98. The Morgan fingerprint density at radius 3 is 2.44 bits per heavy atom. The third-order valence-electron chi connectivity index (χ3n) is 2.46. The molecular formula is C12H13ClO4S. The Labute approximate surface area is 114 Å². The van der Waals surface area contributed by atoms with E-state index in [1.54, 1.807) is 18.4 Å². The zero-order chi connectivity index (χ0) is 13.9. The number of hydrogen-bond acceptors (Lipinski definition) is 4. The molecule has 0 aliphatic carbocycles. The van der Waals surface area contributed by atoms with Crippen molar-refractivity contribution in [2.45, 2.75) is 23.3 Å². The van der Waals surface area contributed by atoms with Crippen molar-refractivity contribution in [3.8, 4) is 0 Å². The third-order valence-corrected chi connectivity index (χ3v) is 3.78. The van der Waals surface area contributed by atoms with Crippen LogP contribution in [0.4, 0.5) is 0 Å². The summed E-state index contributed by atoms with van der Waals surface area (Å²) in [5.41, 5.74) is 0.526. The van der Waals surface area contributed by atoms with Gasteiger partial charge in [-0.2, -0.15) is 0 Å². The van der Waals surface area contributed by atoms with Crippen molar-refractivity contribution in [1.82, 2.24) is 0 Å². The number of Topliss-reactive ketones (excluding diaryl/α,β-unsaturated/α-hetero) is 1. The van der Waals surface area contributed by atoms with E-state index in [4.69, 9.17) is 16.7 Å². The molecule has 0 fully saturated rings. The fraction of sp³-hybridized carbons (Fsp3) is 0.333. The minimum atomic E-state index is -1.69. The Kier molecular flexibility index (Phi) is 5.19. The molecule has 0 radical (unpaired) electrons. The van der Waals surface area contributed by atoms with Crippen molar-refractivity contribution in [2.75, 3.05) is 6.26 Å². The van der Waals surface area contributed by atoms with E-state index < -0.39 is 17.5 Å². The van der Waals surface area contributed by atoms with Gasteiger partial charge >= 0.3 is 5.97 Å². The number of hydrogen-bond donors (Lipinski definition) is 2. The predicted molar refractivity (Wildman–Crippen MR) is 70.1 cm³/mol. The molecule has 0 amide bonds. The second-order valence-corrected chi connectivity index (χ2v) is 4.96. The van der Waals surface area contributed by atoms with E-state index in [0.717, 1.165) is 0 Å². The molecule has 2 N–H and O–H groups in total. The molecule has 6 heteroatoms. The van der Waals surface area contributed by atoms with Crippen molar-refractivity contribution in [2.24, 2.45) is 0 Å². The lowest BCUT2D eigenvalue weighted by molar-refractivity contribution is -0.147. The molecule has 4 nitrogen and oxygen atoms in total. The van der Waals surface area contributed by atoms with Crippen LogP contribution in [0.3, 0.4) is 0 Å². The number of thioether (sulfide) groups is 1. The van der Waals surface area contributed by atoms with E-state index in [1.165, 1.54) is 24.8 Å². The molecular weight excluding hydrogens is 276 g/mol. The van der Waals surface area contributed by atoms with Gasteiger partial charge in [-0.05, 0) is 30.4 Å². The smallest absolute Gasteiger partial charge is 0.337 e. The maximum absolute atomic E-state index is 11.4. The fourth-order valence-corrected chi connectivity index (χ4v) is 2.56. The van der Waals surface area contributed by atoms with Gasteiger partial charge in [-0.15, -0.1) is 23.4 Å². The Bertz CT molecular complexity index is 475. The van der Waals surface area contributed by atoms with E-state index in [-0.39, 0.29) is 11.3 Å². The zero-order valence-electron chi connectivity index (χ0n) is 9.88. The summed E-state index contributed by atoms with van der Waals surface area (Å²) in [5, 5.41) is 17.5. The van der Waals surface area contributed by atoms with Gasteiger partial charge in [0.2, 0.25) is 0 Å². The molecule has 2 atom stereocenters. The van der Waals surface area contributed by atoms with E-state index in [1.807, 2.05) is 0 Å². The van der Waals surface area contributed by atoms with Gasteiger partial charge in [-0.1, -0.05) is 12.1 Å². The lowest BCUT2D eigenvalue weighted by Crippen LogP contribution is -2.16. The fourth-order valence-electron chi connectivity index (χ4n) is 1.58. The van der Waals surface area contributed by atoms with Gasteiger partial charge in [-0.3, -0.25) is 4.79 Å². The Morgan fingerprint density at radius 2 is 2.00 bits per heavy atom. The topological polar surface area (TPSA) is 74.6 Å². The number of carbonyl (C=O) groups is 2. The average Bonchev–Trinajstić information content (AvgIpc) is 2.35. The van der Waals surface area contributed by atoms with Gasteiger partial charge in [-0.25, -0.2) is 4.79 Å². The molecule has 2 unspecified atom stereocenters. The summed E-state index contributed by atoms with van der Waals surface area (Å²) in [5.74, 6) is -1.67. The van der Waals surface area contributed by atoms with Crippen LogP contribution in [0.25, 0.3) is 0 Å². The van der Waals surface area contributed by atoms with Gasteiger partial charge in [0.25, 0.3) is 0 Å². The number of halogens is 1. The molecule has 0 heterocycles. The first-order valence-electron chi connectivity index (χ1n) is 5.12. The monoisotopic (exact) mass is 288 g/mol. The minimum absolute atomic E-state index is 0.157. The van der Waals surface area contributed by atoms with Crippen LogP contribution < -0.4 is 0 Å². The summed E-state index contributed by atoms with van der Waals surface area (Å²) in [6.07, 6.45) is 0.104. The highest BCUT2D eigenvalue weighted by molar-refractivity contribution is 7.98. The van der Waals surface area contributed by atoms with Crippen molar-refractivity contribution in [1.29, 1.82) is 0 Å². The average molecular weight is 289 g/mol. The van der Waals surface area contributed by atoms with Gasteiger partial charge < -0.3 is 10.2 Å². The maximum atomic E-state index is 11.4. The number of ketones is 1. The highest BCUT2D eigenvalue weighted by atomic mass is 35.5. The van der Waals surface area contributed by atoms with Gasteiger partial charge in [0.05, 0.1) is 0 Å². The molecule has 98 valence electrons. The second-order valence-electron chi connectivity index (χ2n) is 3.68. The number of alkyl halides is 1. The SMILES string of the molecule is CSc1cccc(C(O)C(=O)O)c1C(Cl)C(C)=O. The van der Waals surface area contributed by atoms with E-state index in [2.05, 4.69) is 0 Å². The second kappa shape index (κ2) is 6.22. The maximum Gasteiger partial charge on any atom is 0.337 e. The first-order valence-corrected chi connectivity index (χ1v) is 6.78. The Morgan fingerprint density at radius 1 is 1.39 bits per heavy atom. The van der Waals surface area contributed by atoms with Crippen LogP contribution in [0.5, 0.6) is 0 Å². The summed E-state index contributed by atoms with van der Waals surface area (Å²) < 4.78 is 0. The van der Waals surface area contributed by atoms with Crippen LogP contribution >= 0.6 is 23.4 Å². The first kappa shape index (κ1) is 15.0. The molecule has 0 saturated heterocycles. The summed E-state index contributed by atoms with van der Waals surface area (Å²) in [6.45, 7) is 1.33. The summed E-state index contributed by atoms with van der Waals surface area (Å²) >= 11 is 7.36. The number of carbonyl (C=O) groups excluding carboxylic acids is 1. The number of aliphatic hydroxyl groups excluding tert-OH is 1. The predicted octanol–water partition coefficient (Wildman–Crippen LogP) is 2.40. The molecule has 0 aromatic heterocycles. The summed E-state index contributed by atoms with van der Waals surface area (Å²) in [4.78, 5) is 22.9. The van der Waals surface area contributed by atoms with Crippen LogP contribution in [0.2, 0.25) is 0 Å². The van der Waals surface area contributed by atoms with Crippen molar-refractivity contribution < 1.29 is 19.8 Å². The highest BCUT2D eigenvalue weighted by Crippen LogP contribution is 2.36. The molecule has 1 aromatic carbocycles. The van der Waals surface area contributed by atoms with Crippen LogP contribution in [0, 0.1) is 0 Å². The molecule has 0 bridgehead atoms. The van der Waals surface area contributed by atoms with Crippen molar-refractivity contribution >= 4 is 35.1 Å². The molecule has 1 rings (SSSR count). The molecule has 0 aliphatic rings. The molecule has 0 spiro atoms. The van der Waals surface area contributed by atoms with Gasteiger partial charge in [0.15, 0.2) is 11.9 Å².